The Labute approximate surface area is 107 Å². The van der Waals surface area contributed by atoms with Crippen molar-refractivity contribution in [2.75, 3.05) is 13.1 Å². The number of carboxylic acid groups (broad SMARTS) is 1. The minimum absolute atomic E-state index is 0.512. The van der Waals surface area contributed by atoms with Crippen molar-refractivity contribution in [3.63, 3.8) is 0 Å². The first kappa shape index (κ1) is 12.7. The third kappa shape index (κ3) is 2.55. The minimum Gasteiger partial charge on any atom is -0.480 e. The largest absolute Gasteiger partial charge is 0.480 e. The number of likely N-dealkylation sites (tertiary alicyclic amines) is 1. The van der Waals surface area contributed by atoms with Crippen molar-refractivity contribution in [3.05, 3.63) is 35.9 Å². The van der Waals surface area contributed by atoms with Crippen LogP contribution in [0.3, 0.4) is 0 Å². The lowest BCUT2D eigenvalue weighted by Crippen LogP contribution is -2.47. The van der Waals surface area contributed by atoms with Gasteiger partial charge < -0.3 is 5.11 Å². The van der Waals surface area contributed by atoms with Gasteiger partial charge in [0.25, 0.3) is 0 Å². The number of hydrogen-bond acceptors (Lipinski definition) is 2. The predicted octanol–water partition coefficient (Wildman–Crippen LogP) is 1.98. The fraction of sp³-hybridized carbons (Fsp3) is 0.400. The first-order valence-electron chi connectivity index (χ1n) is 6.15. The molecule has 2 rings (SSSR count). The smallest absolute Gasteiger partial charge is 0.323 e. The summed E-state index contributed by atoms with van der Waals surface area (Å²) in [6.07, 6.45) is 1.63. The van der Waals surface area contributed by atoms with Crippen molar-refractivity contribution in [1.82, 2.24) is 4.90 Å². The molecule has 1 fully saturated rings. The van der Waals surface area contributed by atoms with Crippen LogP contribution in [0.2, 0.25) is 0 Å². The van der Waals surface area contributed by atoms with E-state index in [2.05, 4.69) is 11.8 Å². The third-order valence-electron chi connectivity index (χ3n) is 3.53. The summed E-state index contributed by atoms with van der Waals surface area (Å²) in [6.45, 7) is 3.11. The van der Waals surface area contributed by atoms with E-state index < -0.39 is 11.5 Å². The van der Waals surface area contributed by atoms with Crippen molar-refractivity contribution < 1.29 is 9.90 Å². The number of carbonyl (C=O) groups is 1. The van der Waals surface area contributed by atoms with Gasteiger partial charge in [0.05, 0.1) is 6.54 Å². The standard InChI is InChI=1S/C15H17NO2/c1-15(14(17)18)10-6-12-16(15)11-5-9-13-7-3-2-4-8-13/h2-4,7-8H,6,10-12H2,1H3,(H,17,18). The van der Waals surface area contributed by atoms with Gasteiger partial charge in [0, 0.05) is 12.1 Å². The third-order valence-corrected chi connectivity index (χ3v) is 3.53. The maximum Gasteiger partial charge on any atom is 0.323 e. The van der Waals surface area contributed by atoms with Crippen molar-refractivity contribution in [1.29, 1.82) is 0 Å². The monoisotopic (exact) mass is 243 g/mol. The number of benzene rings is 1. The van der Waals surface area contributed by atoms with Crippen LogP contribution in [-0.4, -0.2) is 34.6 Å². The van der Waals surface area contributed by atoms with Crippen LogP contribution in [0.15, 0.2) is 30.3 Å². The van der Waals surface area contributed by atoms with Gasteiger partial charge in [-0.25, -0.2) is 0 Å². The molecule has 18 heavy (non-hydrogen) atoms. The summed E-state index contributed by atoms with van der Waals surface area (Å²) in [4.78, 5) is 13.2. The van der Waals surface area contributed by atoms with Gasteiger partial charge in [-0.05, 0) is 31.9 Å². The van der Waals surface area contributed by atoms with Crippen LogP contribution in [0.25, 0.3) is 0 Å². The maximum atomic E-state index is 11.3. The summed E-state index contributed by atoms with van der Waals surface area (Å²) < 4.78 is 0. The van der Waals surface area contributed by atoms with E-state index in [-0.39, 0.29) is 0 Å². The van der Waals surface area contributed by atoms with Crippen LogP contribution in [0.1, 0.15) is 25.3 Å². The second-order valence-electron chi connectivity index (χ2n) is 4.77. The van der Waals surface area contributed by atoms with E-state index in [1.54, 1.807) is 6.92 Å². The molecule has 1 aliphatic heterocycles. The van der Waals surface area contributed by atoms with Crippen LogP contribution in [-0.2, 0) is 4.79 Å². The molecular formula is C15H17NO2. The van der Waals surface area contributed by atoms with E-state index in [4.69, 9.17) is 0 Å². The molecule has 0 spiro atoms. The Hall–Kier alpha value is -1.79. The molecule has 1 aromatic rings. The zero-order valence-electron chi connectivity index (χ0n) is 10.5. The highest BCUT2D eigenvalue weighted by Crippen LogP contribution is 2.28. The molecule has 94 valence electrons. The van der Waals surface area contributed by atoms with Gasteiger partial charge in [0.1, 0.15) is 5.54 Å². The van der Waals surface area contributed by atoms with Crippen LogP contribution < -0.4 is 0 Å². The number of carboxylic acids is 1. The summed E-state index contributed by atoms with van der Waals surface area (Å²) in [5.41, 5.74) is 0.222. The topological polar surface area (TPSA) is 40.5 Å². The molecule has 1 aliphatic rings. The Morgan fingerprint density at radius 3 is 2.83 bits per heavy atom. The van der Waals surface area contributed by atoms with Gasteiger partial charge in [-0.3, -0.25) is 9.69 Å². The van der Waals surface area contributed by atoms with Gasteiger partial charge >= 0.3 is 5.97 Å². The molecule has 0 radical (unpaired) electrons. The average molecular weight is 243 g/mol. The Morgan fingerprint density at radius 1 is 1.44 bits per heavy atom. The van der Waals surface area contributed by atoms with E-state index in [9.17, 15) is 9.90 Å². The molecular weight excluding hydrogens is 226 g/mol. The zero-order valence-corrected chi connectivity index (χ0v) is 10.5. The summed E-state index contributed by atoms with van der Waals surface area (Å²) in [6, 6.07) is 9.75. The molecule has 1 unspecified atom stereocenters. The molecule has 1 N–H and O–H groups in total. The normalized spacial score (nSPS) is 23.4. The zero-order chi connectivity index (χ0) is 13.0. The fourth-order valence-electron chi connectivity index (χ4n) is 2.27. The highest BCUT2D eigenvalue weighted by molar-refractivity contribution is 5.78. The van der Waals surface area contributed by atoms with Crippen molar-refractivity contribution in [2.45, 2.75) is 25.3 Å². The van der Waals surface area contributed by atoms with Crippen molar-refractivity contribution in [2.24, 2.45) is 0 Å². The lowest BCUT2D eigenvalue weighted by atomic mass is 9.99. The van der Waals surface area contributed by atoms with E-state index in [0.717, 1.165) is 18.5 Å². The molecule has 0 amide bonds. The van der Waals surface area contributed by atoms with Gasteiger partial charge in [0.2, 0.25) is 0 Å². The van der Waals surface area contributed by atoms with E-state index in [0.29, 0.717) is 13.0 Å². The minimum atomic E-state index is -0.749. The highest BCUT2D eigenvalue weighted by atomic mass is 16.4. The van der Waals surface area contributed by atoms with Crippen molar-refractivity contribution in [3.8, 4) is 11.8 Å². The highest BCUT2D eigenvalue weighted by Gasteiger charge is 2.42. The molecule has 3 heteroatoms. The lowest BCUT2D eigenvalue weighted by molar-refractivity contribution is -0.148. The lowest BCUT2D eigenvalue weighted by Gasteiger charge is -2.29. The predicted molar refractivity (Wildman–Crippen MR) is 70.2 cm³/mol. The number of rotatable bonds is 2. The van der Waals surface area contributed by atoms with Gasteiger partial charge in [0.15, 0.2) is 0 Å². The summed E-state index contributed by atoms with van der Waals surface area (Å²) in [5.74, 6) is 5.38. The Morgan fingerprint density at radius 2 is 2.17 bits per heavy atom. The molecule has 3 nitrogen and oxygen atoms in total. The Balaban J connectivity index is 2.03. The molecule has 0 bridgehead atoms. The SMILES string of the molecule is CC1(C(=O)O)CCCN1CC#Cc1ccccc1. The number of hydrogen-bond donors (Lipinski definition) is 1. The summed E-state index contributed by atoms with van der Waals surface area (Å²) in [5, 5.41) is 9.27. The Bertz CT molecular complexity index is 486. The second kappa shape index (κ2) is 5.24. The van der Waals surface area contributed by atoms with Gasteiger partial charge in [-0.2, -0.15) is 0 Å². The summed E-state index contributed by atoms with van der Waals surface area (Å²) >= 11 is 0. The Kier molecular flexibility index (Phi) is 3.69. The quantitative estimate of drug-likeness (QED) is 0.807. The first-order valence-corrected chi connectivity index (χ1v) is 6.15. The number of aliphatic carboxylic acids is 1. The first-order chi connectivity index (χ1) is 8.63. The molecule has 1 aromatic carbocycles. The second-order valence-corrected chi connectivity index (χ2v) is 4.77. The van der Waals surface area contributed by atoms with Crippen LogP contribution in [0, 0.1) is 11.8 Å². The van der Waals surface area contributed by atoms with E-state index in [1.165, 1.54) is 0 Å². The molecule has 0 saturated carbocycles. The molecule has 0 aromatic heterocycles. The molecule has 0 aliphatic carbocycles. The van der Waals surface area contributed by atoms with E-state index >= 15 is 0 Å². The van der Waals surface area contributed by atoms with Crippen LogP contribution >= 0.6 is 0 Å². The van der Waals surface area contributed by atoms with E-state index in [1.807, 2.05) is 35.2 Å². The number of nitrogens with zero attached hydrogens (tertiary/aromatic N) is 1. The molecule has 1 atom stereocenters. The fourth-order valence-corrected chi connectivity index (χ4v) is 2.27. The molecule has 1 saturated heterocycles. The average Bonchev–Trinajstić information content (AvgIpc) is 2.74. The van der Waals surface area contributed by atoms with Gasteiger partial charge in [-0.1, -0.05) is 30.0 Å². The van der Waals surface area contributed by atoms with Crippen LogP contribution in [0.4, 0.5) is 0 Å². The van der Waals surface area contributed by atoms with Crippen LogP contribution in [0.5, 0.6) is 0 Å². The van der Waals surface area contributed by atoms with Crippen molar-refractivity contribution >= 4 is 5.97 Å². The van der Waals surface area contributed by atoms with Gasteiger partial charge in [-0.15, -0.1) is 0 Å². The molecule has 1 heterocycles. The summed E-state index contributed by atoms with van der Waals surface area (Å²) in [7, 11) is 0. The maximum absolute atomic E-state index is 11.3.